The molecule has 4 aromatic rings. The minimum absolute atomic E-state index is 0.0113. The van der Waals surface area contributed by atoms with Crippen LogP contribution in [0.1, 0.15) is 23.9 Å². The average molecular weight is 586 g/mol. The predicted octanol–water partition coefficient (Wildman–Crippen LogP) is 3.43. The monoisotopic (exact) mass is 585 g/mol. The molecular weight excluding hydrogens is 559 g/mol. The van der Waals surface area contributed by atoms with Crippen molar-refractivity contribution in [3.63, 3.8) is 0 Å². The van der Waals surface area contributed by atoms with E-state index in [-0.39, 0.29) is 11.7 Å². The van der Waals surface area contributed by atoms with Crippen molar-refractivity contribution < 1.29 is 21.6 Å². The fraction of sp³-hybridized carbons (Fsp3) is 0.231. The summed E-state index contributed by atoms with van der Waals surface area (Å²) in [6.07, 6.45) is 0.898. The van der Waals surface area contributed by atoms with Gasteiger partial charge in [-0.2, -0.15) is 13.1 Å². The molecule has 0 aliphatic carbocycles. The zero-order valence-corrected chi connectivity index (χ0v) is 23.5. The summed E-state index contributed by atoms with van der Waals surface area (Å²) in [4.78, 5) is 4.60. The SMILES string of the molecule is CC1(CNS(N)(=O)=O)OC(c2nc3ccc(-c4ccccc4)cc3s2)=NN1S(=O)(=O)CCCc1ccccc1. The third-order valence-electron chi connectivity index (χ3n) is 6.16. The van der Waals surface area contributed by atoms with Gasteiger partial charge in [-0.1, -0.05) is 66.7 Å². The molecule has 0 saturated heterocycles. The highest BCUT2D eigenvalue weighted by Gasteiger charge is 2.48. The van der Waals surface area contributed by atoms with Gasteiger partial charge in [0.05, 0.1) is 22.5 Å². The van der Waals surface area contributed by atoms with E-state index in [0.717, 1.165) is 25.8 Å². The number of nitrogens with zero attached hydrogens (tertiary/aromatic N) is 3. The lowest BCUT2D eigenvalue weighted by molar-refractivity contribution is 0.0101. The third kappa shape index (κ3) is 6.28. The Morgan fingerprint density at radius 1 is 0.974 bits per heavy atom. The summed E-state index contributed by atoms with van der Waals surface area (Å²) in [7, 11) is -8.12. The Morgan fingerprint density at radius 2 is 1.67 bits per heavy atom. The highest BCUT2D eigenvalue weighted by molar-refractivity contribution is 7.89. The Labute approximate surface area is 231 Å². The van der Waals surface area contributed by atoms with Crippen LogP contribution in [-0.4, -0.2) is 50.2 Å². The molecule has 3 N–H and O–H groups in total. The van der Waals surface area contributed by atoms with Crippen molar-refractivity contribution in [1.29, 1.82) is 0 Å². The lowest BCUT2D eigenvalue weighted by Gasteiger charge is -2.31. The molecule has 13 heteroatoms. The fourth-order valence-electron chi connectivity index (χ4n) is 4.25. The smallest absolute Gasteiger partial charge is 0.274 e. The van der Waals surface area contributed by atoms with E-state index < -0.39 is 32.5 Å². The van der Waals surface area contributed by atoms with Gasteiger partial charge in [-0.25, -0.2) is 18.5 Å². The van der Waals surface area contributed by atoms with Gasteiger partial charge in [0, 0.05) is 0 Å². The number of aromatic nitrogens is 1. The number of benzene rings is 3. The van der Waals surface area contributed by atoms with Gasteiger partial charge in [0.15, 0.2) is 5.01 Å². The molecule has 0 fully saturated rings. The minimum atomic E-state index is -4.12. The number of rotatable bonds is 10. The quantitative estimate of drug-likeness (QED) is 0.292. The Bertz CT molecular complexity index is 1730. The fourth-order valence-corrected chi connectivity index (χ4v) is 7.22. The van der Waals surface area contributed by atoms with Crippen molar-refractivity contribution in [2.45, 2.75) is 25.5 Å². The molecule has 0 bridgehead atoms. The Kier molecular flexibility index (Phi) is 7.44. The van der Waals surface area contributed by atoms with E-state index in [4.69, 9.17) is 9.88 Å². The second kappa shape index (κ2) is 10.7. The molecule has 1 aliphatic rings. The van der Waals surface area contributed by atoms with E-state index in [1.807, 2.05) is 78.9 Å². The molecule has 0 saturated carbocycles. The van der Waals surface area contributed by atoms with Crippen molar-refractivity contribution in [3.8, 4) is 11.1 Å². The van der Waals surface area contributed by atoms with Crippen molar-refractivity contribution in [1.82, 2.24) is 14.1 Å². The van der Waals surface area contributed by atoms with E-state index in [2.05, 4.69) is 14.8 Å². The number of hydrazone groups is 1. The van der Waals surface area contributed by atoms with Crippen LogP contribution in [0.3, 0.4) is 0 Å². The molecule has 3 aromatic carbocycles. The molecule has 1 unspecified atom stereocenters. The first kappa shape index (κ1) is 27.2. The van der Waals surface area contributed by atoms with Crippen LogP contribution in [0.2, 0.25) is 0 Å². The van der Waals surface area contributed by atoms with Gasteiger partial charge < -0.3 is 4.74 Å². The molecule has 1 atom stereocenters. The average Bonchev–Trinajstić information content (AvgIpc) is 3.50. The number of aryl methyl sites for hydroxylation is 1. The van der Waals surface area contributed by atoms with Crippen LogP contribution >= 0.6 is 11.3 Å². The number of hydrogen-bond donors (Lipinski definition) is 2. The second-order valence-electron chi connectivity index (χ2n) is 9.26. The molecule has 5 rings (SSSR count). The molecule has 0 radical (unpaired) electrons. The molecule has 1 aromatic heterocycles. The first-order chi connectivity index (χ1) is 18.5. The summed E-state index contributed by atoms with van der Waals surface area (Å²) in [6, 6.07) is 25.3. The summed E-state index contributed by atoms with van der Waals surface area (Å²) < 4.78 is 60.0. The molecule has 0 spiro atoms. The second-order valence-corrected chi connectivity index (χ2v) is 13.6. The summed E-state index contributed by atoms with van der Waals surface area (Å²) in [6.45, 7) is 0.997. The standard InChI is InChI=1S/C26H27N5O5S3/c1-26(18-28-39(27,34)35)31(38(32,33)16-8-11-19-9-4-2-5-10-19)30-24(36-26)25-29-22-15-14-21(17-23(22)37-25)20-12-6-3-7-13-20/h2-7,9-10,12-15,17,28H,8,11,16,18H2,1H3,(H2,27,34,35). The van der Waals surface area contributed by atoms with Gasteiger partial charge in [0.1, 0.15) is 0 Å². The lowest BCUT2D eigenvalue weighted by Crippen LogP contribution is -2.54. The summed E-state index contributed by atoms with van der Waals surface area (Å²) in [5.41, 5.74) is 2.10. The van der Waals surface area contributed by atoms with E-state index in [1.165, 1.54) is 18.3 Å². The lowest BCUT2D eigenvalue weighted by atomic mass is 10.1. The van der Waals surface area contributed by atoms with Crippen molar-refractivity contribution >= 4 is 47.7 Å². The van der Waals surface area contributed by atoms with E-state index in [9.17, 15) is 16.8 Å². The largest absolute Gasteiger partial charge is 0.444 e. The maximum atomic E-state index is 13.4. The number of fused-ring (bicyclic) bond motifs is 1. The van der Waals surface area contributed by atoms with Crippen LogP contribution in [-0.2, 0) is 31.4 Å². The molecule has 0 amide bonds. The van der Waals surface area contributed by atoms with Crippen LogP contribution in [0.15, 0.2) is 84.0 Å². The Morgan fingerprint density at radius 3 is 2.36 bits per heavy atom. The van der Waals surface area contributed by atoms with Crippen LogP contribution in [0.25, 0.3) is 21.3 Å². The van der Waals surface area contributed by atoms with E-state index >= 15 is 0 Å². The van der Waals surface area contributed by atoms with Crippen molar-refractivity contribution in [2.24, 2.45) is 10.2 Å². The maximum Gasteiger partial charge on any atom is 0.274 e. The van der Waals surface area contributed by atoms with Gasteiger partial charge in [-0.3, -0.25) is 0 Å². The van der Waals surface area contributed by atoms with E-state index in [1.54, 1.807) is 0 Å². The number of thiazole rings is 1. The van der Waals surface area contributed by atoms with Crippen LogP contribution in [0.5, 0.6) is 0 Å². The van der Waals surface area contributed by atoms with Crippen molar-refractivity contribution in [2.75, 3.05) is 12.3 Å². The van der Waals surface area contributed by atoms with Crippen LogP contribution in [0, 0.1) is 0 Å². The van der Waals surface area contributed by atoms with Crippen LogP contribution in [0.4, 0.5) is 0 Å². The topological polar surface area (TPSA) is 144 Å². The van der Waals surface area contributed by atoms with Gasteiger partial charge >= 0.3 is 0 Å². The highest BCUT2D eigenvalue weighted by atomic mass is 32.2. The number of nitrogens with two attached hydrogens (primary N) is 1. The number of hydrogen-bond acceptors (Lipinski definition) is 8. The zero-order chi connectivity index (χ0) is 27.7. The third-order valence-corrected chi connectivity index (χ3v) is 9.51. The molecule has 204 valence electrons. The predicted molar refractivity (Wildman–Crippen MR) is 153 cm³/mol. The van der Waals surface area contributed by atoms with Crippen LogP contribution < -0.4 is 9.86 Å². The van der Waals surface area contributed by atoms with Gasteiger partial charge in [-0.05, 0) is 48.6 Å². The van der Waals surface area contributed by atoms with Crippen molar-refractivity contribution in [3.05, 3.63) is 89.4 Å². The number of nitrogens with one attached hydrogen (secondary N) is 1. The molecular formula is C26H27N5O5S3. The first-order valence-electron chi connectivity index (χ1n) is 12.1. The normalized spacial score (nSPS) is 17.8. The Hall–Kier alpha value is -3.36. The molecule has 2 heterocycles. The van der Waals surface area contributed by atoms with Gasteiger partial charge in [0.2, 0.25) is 5.72 Å². The number of ether oxygens (including phenoxy) is 1. The summed E-state index contributed by atoms with van der Waals surface area (Å²) >= 11 is 1.30. The molecule has 10 nitrogen and oxygen atoms in total. The maximum absolute atomic E-state index is 13.4. The number of sulfonamides is 1. The zero-order valence-electron chi connectivity index (χ0n) is 21.0. The highest BCUT2D eigenvalue weighted by Crippen LogP contribution is 2.34. The van der Waals surface area contributed by atoms with E-state index in [0.29, 0.717) is 23.4 Å². The molecule has 1 aliphatic heterocycles. The first-order valence-corrected chi connectivity index (χ1v) is 16.1. The van der Waals surface area contributed by atoms with Gasteiger partial charge in [0.25, 0.3) is 26.1 Å². The summed E-state index contributed by atoms with van der Waals surface area (Å²) in [5, 5.41) is 9.79. The Balaban J connectivity index is 1.43. The molecule has 39 heavy (non-hydrogen) atoms. The summed E-state index contributed by atoms with van der Waals surface area (Å²) in [5.74, 6) is -0.226. The minimum Gasteiger partial charge on any atom is -0.444 e. The van der Waals surface area contributed by atoms with Gasteiger partial charge in [-0.15, -0.1) is 20.9 Å².